The first kappa shape index (κ1) is 54.4. The van der Waals surface area contributed by atoms with Crippen LogP contribution in [0.4, 0.5) is 30.7 Å². The van der Waals surface area contributed by atoms with Gasteiger partial charge >= 0.3 is 24.0 Å². The van der Waals surface area contributed by atoms with Crippen LogP contribution in [-0.2, 0) is 40.3 Å². The average molecular weight is 1110 g/mol. The van der Waals surface area contributed by atoms with Crippen LogP contribution in [0.3, 0.4) is 0 Å². The van der Waals surface area contributed by atoms with Gasteiger partial charge in [-0.2, -0.15) is 19.0 Å². The standard InChI is InChI=1S/C26H21F3N6O5.C25H18F4N6O5/c1-26(28,29)40-16-5-3-4-14(8-16)11-31-24(37)20-10-18(33-22-17(27)13-32-35(20)22)23(36)30-12-15-6-7-21-19(9-15)34(2)25(38)39-21;1-34-17-8-13(6-7-20(17)39-24(34)38)10-30-22(36)16-9-18(35-21(33-16)15(26)12-32-35)23(37)31-11-14-4-2-3-5-19(14)40-25(27,28)29/h3-10,13H,11-12H2,1-2H3,(H,30,36)(H,31,37);2-9,12H,10-11H2,1H3,(H,30,36)(H,31,37). The van der Waals surface area contributed by atoms with Gasteiger partial charge in [0, 0.05) is 64.9 Å². The third kappa shape index (κ3) is 12.2. The summed E-state index contributed by atoms with van der Waals surface area (Å²) in [4.78, 5) is 83.2. The number of aryl methyl sites for hydroxylation is 2. The molecule has 4 aromatic carbocycles. The molecule has 22 nitrogen and oxygen atoms in total. The molecule has 4 N–H and O–H groups in total. The van der Waals surface area contributed by atoms with Gasteiger partial charge in [0.15, 0.2) is 34.1 Å². The number of carbonyl (C=O) groups is 4. The topological polar surface area (TPSA) is 266 Å². The molecular formula is C51H39F7N12O10. The number of nitrogens with zero attached hydrogens (tertiary/aromatic N) is 8. The highest BCUT2D eigenvalue weighted by Crippen LogP contribution is 2.27. The fraction of sp³-hybridized carbons (Fsp3) is 0.176. The zero-order valence-electron chi connectivity index (χ0n) is 41.5. The second kappa shape index (κ2) is 21.9. The third-order valence-electron chi connectivity index (χ3n) is 11.7. The first-order chi connectivity index (χ1) is 38.0. The molecule has 412 valence electrons. The second-order valence-electron chi connectivity index (χ2n) is 17.4. The number of fused-ring (bicyclic) bond motifs is 4. The Bertz CT molecular complexity index is 4180. The molecule has 29 heteroatoms. The minimum atomic E-state index is -4.94. The summed E-state index contributed by atoms with van der Waals surface area (Å²) in [5.74, 6) is -6.43. The predicted octanol–water partition coefficient (Wildman–Crippen LogP) is 6.24. The van der Waals surface area contributed by atoms with Crippen molar-refractivity contribution >= 4 is 57.1 Å². The molecule has 4 amide bonds. The minimum absolute atomic E-state index is 0.000265. The molecule has 0 saturated heterocycles. The van der Waals surface area contributed by atoms with Crippen molar-refractivity contribution < 1.29 is 68.2 Å². The molecule has 10 aromatic rings. The maximum absolute atomic E-state index is 14.4. The summed E-state index contributed by atoms with van der Waals surface area (Å²) in [5, 5.41) is 17.9. The number of para-hydroxylation sites is 1. The molecule has 0 aliphatic heterocycles. The second-order valence-corrected chi connectivity index (χ2v) is 17.4. The van der Waals surface area contributed by atoms with Gasteiger partial charge in [0.1, 0.15) is 34.3 Å². The lowest BCUT2D eigenvalue weighted by molar-refractivity contribution is -0.274. The van der Waals surface area contributed by atoms with Gasteiger partial charge in [0.2, 0.25) is 0 Å². The maximum Gasteiger partial charge on any atom is 0.573 e. The third-order valence-corrected chi connectivity index (χ3v) is 11.7. The first-order valence-electron chi connectivity index (χ1n) is 23.4. The van der Waals surface area contributed by atoms with Crippen LogP contribution in [0.1, 0.15) is 71.1 Å². The van der Waals surface area contributed by atoms with E-state index in [0.29, 0.717) is 45.8 Å². The lowest BCUT2D eigenvalue weighted by Crippen LogP contribution is -2.29. The lowest BCUT2D eigenvalue weighted by Gasteiger charge is -2.14. The van der Waals surface area contributed by atoms with Crippen LogP contribution in [0.15, 0.2) is 128 Å². The molecule has 0 saturated carbocycles. The van der Waals surface area contributed by atoms with Crippen LogP contribution in [0.5, 0.6) is 11.5 Å². The highest BCUT2D eigenvalue weighted by Gasteiger charge is 2.32. The van der Waals surface area contributed by atoms with Crippen molar-refractivity contribution in [1.29, 1.82) is 0 Å². The van der Waals surface area contributed by atoms with E-state index in [4.69, 9.17) is 8.83 Å². The monoisotopic (exact) mass is 1110 g/mol. The maximum atomic E-state index is 14.4. The van der Waals surface area contributed by atoms with Gasteiger partial charge in [-0.05, 0) is 59.2 Å². The van der Waals surface area contributed by atoms with E-state index >= 15 is 0 Å². The van der Waals surface area contributed by atoms with Crippen LogP contribution in [0.25, 0.3) is 33.5 Å². The summed E-state index contributed by atoms with van der Waals surface area (Å²) in [6.07, 6.45) is -6.65. The molecule has 0 aliphatic rings. The van der Waals surface area contributed by atoms with Crippen LogP contribution in [0.2, 0.25) is 0 Å². The van der Waals surface area contributed by atoms with Crippen LogP contribution >= 0.6 is 0 Å². The molecule has 6 aromatic heterocycles. The summed E-state index contributed by atoms with van der Waals surface area (Å²) in [6.45, 7) is 0.187. The van der Waals surface area contributed by atoms with Gasteiger partial charge in [0.25, 0.3) is 23.6 Å². The van der Waals surface area contributed by atoms with E-state index in [-0.39, 0.29) is 65.9 Å². The van der Waals surface area contributed by atoms with Crippen LogP contribution in [0, 0.1) is 11.6 Å². The number of ether oxygens (including phenoxy) is 2. The highest BCUT2D eigenvalue weighted by molar-refractivity contribution is 5.99. The first-order valence-corrected chi connectivity index (χ1v) is 23.4. The van der Waals surface area contributed by atoms with Crippen molar-refractivity contribution in [3.63, 3.8) is 0 Å². The van der Waals surface area contributed by atoms with E-state index in [1.807, 2.05) is 0 Å². The van der Waals surface area contributed by atoms with Crippen molar-refractivity contribution in [2.75, 3.05) is 0 Å². The van der Waals surface area contributed by atoms with Crippen molar-refractivity contribution in [1.82, 2.24) is 59.6 Å². The number of rotatable bonds is 15. The molecule has 0 spiro atoms. The summed E-state index contributed by atoms with van der Waals surface area (Å²) < 4.78 is 116. The van der Waals surface area contributed by atoms with E-state index < -0.39 is 70.6 Å². The summed E-state index contributed by atoms with van der Waals surface area (Å²) in [7, 11) is 3.08. The molecule has 80 heavy (non-hydrogen) atoms. The normalized spacial score (nSPS) is 11.6. The van der Waals surface area contributed by atoms with E-state index in [2.05, 4.69) is 50.9 Å². The summed E-state index contributed by atoms with van der Waals surface area (Å²) >= 11 is 0. The number of hydrogen-bond donors (Lipinski definition) is 4. The van der Waals surface area contributed by atoms with E-state index in [9.17, 15) is 59.5 Å². The fourth-order valence-electron chi connectivity index (χ4n) is 7.88. The number of alkyl halides is 5. The Morgan fingerprint density at radius 1 is 0.562 bits per heavy atom. The largest absolute Gasteiger partial charge is 0.573 e. The van der Waals surface area contributed by atoms with Crippen molar-refractivity contribution in [3.8, 4) is 11.5 Å². The van der Waals surface area contributed by atoms with Gasteiger partial charge in [-0.1, -0.05) is 42.5 Å². The molecule has 0 aliphatic carbocycles. The zero-order chi connectivity index (χ0) is 57.2. The number of halogens is 7. The van der Waals surface area contributed by atoms with Crippen molar-refractivity contribution in [2.45, 2.75) is 45.6 Å². The lowest BCUT2D eigenvalue weighted by atomic mass is 10.2. The molecular weight excluding hydrogens is 1070 g/mol. The summed E-state index contributed by atoms with van der Waals surface area (Å²) in [6, 6.07) is 23.0. The van der Waals surface area contributed by atoms with Gasteiger partial charge in [0.05, 0.1) is 23.4 Å². The number of nitrogens with one attached hydrogen (secondary N) is 4. The molecule has 10 rings (SSSR count). The molecule has 0 radical (unpaired) electrons. The number of oxazole rings is 2. The predicted molar refractivity (Wildman–Crippen MR) is 264 cm³/mol. The van der Waals surface area contributed by atoms with Crippen LogP contribution in [-0.4, -0.2) is 74.4 Å². The fourth-order valence-corrected chi connectivity index (χ4v) is 7.88. The smallest absolute Gasteiger partial charge is 0.433 e. The number of amides is 4. The molecule has 0 bridgehead atoms. The van der Waals surface area contributed by atoms with Gasteiger partial charge < -0.3 is 39.6 Å². The Hall–Kier alpha value is -10.4. The van der Waals surface area contributed by atoms with Crippen LogP contribution < -0.4 is 42.3 Å². The molecule has 0 fully saturated rings. The van der Waals surface area contributed by atoms with E-state index in [1.54, 1.807) is 49.5 Å². The molecule has 0 unspecified atom stereocenters. The number of aromatic nitrogens is 8. The number of hydrogen-bond acceptors (Lipinski definition) is 14. The van der Waals surface area contributed by atoms with Crippen molar-refractivity contribution in [3.05, 3.63) is 187 Å². The van der Waals surface area contributed by atoms with Gasteiger partial charge in [-0.3, -0.25) is 28.3 Å². The quantitative estimate of drug-likeness (QED) is 0.0829. The number of benzene rings is 4. The SMILES string of the molecule is Cn1c(=O)oc2ccc(CNC(=O)c3cc(C(=O)NCc4cccc(OC(C)(F)F)c4)n4ncc(F)c4n3)cc21.Cn1c(=O)oc2ccc(CNC(=O)c3cc(C(=O)NCc4ccccc4OC(F)(F)F)n4ncc(F)c4n3)cc21. The van der Waals surface area contributed by atoms with E-state index in [0.717, 1.165) is 39.6 Å². The van der Waals surface area contributed by atoms with E-state index in [1.165, 1.54) is 52.6 Å². The molecule has 0 atom stereocenters. The Kier molecular flexibility index (Phi) is 14.9. The highest BCUT2D eigenvalue weighted by atomic mass is 19.4. The van der Waals surface area contributed by atoms with Crippen molar-refractivity contribution in [2.24, 2.45) is 14.1 Å². The molecule has 6 heterocycles. The van der Waals surface area contributed by atoms with Gasteiger partial charge in [-0.25, -0.2) is 37.4 Å². The Morgan fingerprint density at radius 2 is 1.02 bits per heavy atom. The summed E-state index contributed by atoms with van der Waals surface area (Å²) in [5.41, 5.74) is 1.79. The zero-order valence-corrected chi connectivity index (χ0v) is 41.5. The number of carbonyl (C=O) groups excluding carboxylic acids is 4. The Balaban J connectivity index is 0.000000194. The Labute approximate surface area is 442 Å². The average Bonchev–Trinajstić information content (AvgIpc) is 4.18. The minimum Gasteiger partial charge on any atom is -0.433 e. The van der Waals surface area contributed by atoms with Gasteiger partial charge in [-0.15, -0.1) is 13.2 Å². The Morgan fingerprint density at radius 3 is 1.51 bits per heavy atom.